The maximum Gasteiger partial charge on any atom is 0.405 e. The monoisotopic (exact) mass is 211 g/mol. The van der Waals surface area contributed by atoms with Crippen molar-refractivity contribution in [3.05, 3.63) is 0 Å². The van der Waals surface area contributed by atoms with Crippen LogP contribution in [0.15, 0.2) is 0 Å². The van der Waals surface area contributed by atoms with Gasteiger partial charge < -0.3 is 4.74 Å². The molecular weight excluding hydrogens is 199 g/mol. The summed E-state index contributed by atoms with van der Waals surface area (Å²) < 4.78 is 40.9. The Morgan fingerprint density at radius 2 is 2.21 bits per heavy atom. The molecule has 1 heterocycles. The van der Waals surface area contributed by atoms with Gasteiger partial charge in [-0.05, 0) is 13.8 Å². The lowest BCUT2D eigenvalue weighted by Crippen LogP contribution is -2.32. The van der Waals surface area contributed by atoms with Crippen molar-refractivity contribution in [1.29, 1.82) is 0 Å². The first-order chi connectivity index (χ1) is 6.38. The average molecular weight is 211 g/mol. The van der Waals surface area contributed by atoms with Gasteiger partial charge in [0.05, 0.1) is 6.61 Å². The van der Waals surface area contributed by atoms with Crippen molar-refractivity contribution in [3.8, 4) is 0 Å². The molecular formula is C8H12F3NO2. The van der Waals surface area contributed by atoms with E-state index in [1.807, 2.05) is 0 Å². The lowest BCUT2D eigenvalue weighted by molar-refractivity contribution is -0.152. The minimum atomic E-state index is -4.24. The SMILES string of the molecule is CCOC(=O)C(C)N1CC1C(F)(F)F. The number of ether oxygens (including phenoxy) is 1. The van der Waals surface area contributed by atoms with E-state index in [0.717, 1.165) is 4.90 Å². The Balaban J connectivity index is 2.43. The molecule has 3 atom stereocenters. The van der Waals surface area contributed by atoms with Gasteiger partial charge in [0.25, 0.3) is 0 Å². The number of halogens is 3. The molecule has 0 aliphatic carbocycles. The molecule has 0 N–H and O–H groups in total. The highest BCUT2D eigenvalue weighted by Crippen LogP contribution is 2.36. The first-order valence-corrected chi connectivity index (χ1v) is 4.37. The van der Waals surface area contributed by atoms with Gasteiger partial charge >= 0.3 is 12.1 Å². The third-order valence-corrected chi connectivity index (χ3v) is 2.15. The second kappa shape index (κ2) is 3.76. The second-order valence-corrected chi connectivity index (χ2v) is 3.18. The molecule has 1 aliphatic heterocycles. The highest BCUT2D eigenvalue weighted by atomic mass is 19.4. The zero-order valence-electron chi connectivity index (χ0n) is 7.97. The summed E-state index contributed by atoms with van der Waals surface area (Å²) in [6.07, 6.45) is -4.24. The smallest absolute Gasteiger partial charge is 0.405 e. The van der Waals surface area contributed by atoms with Gasteiger partial charge in [0.15, 0.2) is 0 Å². The summed E-state index contributed by atoms with van der Waals surface area (Å²) in [5.74, 6) is -0.598. The maximum absolute atomic E-state index is 12.1. The van der Waals surface area contributed by atoms with Crippen LogP contribution in [-0.4, -0.2) is 42.3 Å². The van der Waals surface area contributed by atoms with Crippen LogP contribution in [0.2, 0.25) is 0 Å². The maximum atomic E-state index is 12.1. The molecule has 14 heavy (non-hydrogen) atoms. The zero-order valence-corrected chi connectivity index (χ0v) is 7.97. The van der Waals surface area contributed by atoms with Crippen LogP contribution >= 0.6 is 0 Å². The van der Waals surface area contributed by atoms with E-state index in [0.29, 0.717) is 0 Å². The van der Waals surface area contributed by atoms with Gasteiger partial charge in [0.1, 0.15) is 12.1 Å². The van der Waals surface area contributed by atoms with Gasteiger partial charge in [0.2, 0.25) is 0 Å². The Labute approximate surface area is 79.8 Å². The van der Waals surface area contributed by atoms with Gasteiger partial charge in [-0.25, -0.2) is 0 Å². The van der Waals surface area contributed by atoms with E-state index < -0.39 is 24.2 Å². The van der Waals surface area contributed by atoms with Gasteiger partial charge in [-0.3, -0.25) is 9.69 Å². The first-order valence-electron chi connectivity index (χ1n) is 4.37. The molecule has 3 unspecified atom stereocenters. The van der Waals surface area contributed by atoms with Gasteiger partial charge in [-0.2, -0.15) is 13.2 Å². The molecule has 0 aromatic rings. The second-order valence-electron chi connectivity index (χ2n) is 3.18. The Bertz CT molecular complexity index is 229. The number of nitrogens with zero attached hydrogens (tertiary/aromatic N) is 1. The average Bonchev–Trinajstić information content (AvgIpc) is 2.80. The lowest BCUT2D eigenvalue weighted by Gasteiger charge is -2.13. The third-order valence-electron chi connectivity index (χ3n) is 2.15. The van der Waals surface area contributed by atoms with Crippen LogP contribution < -0.4 is 0 Å². The normalized spacial score (nSPS) is 28.4. The minimum Gasteiger partial charge on any atom is -0.465 e. The summed E-state index contributed by atoms with van der Waals surface area (Å²) in [5, 5.41) is 0. The summed E-state index contributed by atoms with van der Waals surface area (Å²) in [6, 6.07) is -2.27. The fraction of sp³-hybridized carbons (Fsp3) is 0.875. The van der Waals surface area contributed by atoms with Crippen LogP contribution in [-0.2, 0) is 9.53 Å². The fourth-order valence-electron chi connectivity index (χ4n) is 1.27. The van der Waals surface area contributed by atoms with E-state index in [2.05, 4.69) is 4.74 Å². The number of hydrogen-bond donors (Lipinski definition) is 0. The van der Waals surface area contributed by atoms with Crippen LogP contribution in [0.25, 0.3) is 0 Å². The van der Waals surface area contributed by atoms with Crippen LogP contribution in [0.1, 0.15) is 13.8 Å². The summed E-state index contributed by atoms with van der Waals surface area (Å²) in [7, 11) is 0. The Kier molecular flexibility index (Phi) is 3.04. The summed E-state index contributed by atoms with van der Waals surface area (Å²) in [5.41, 5.74) is 0. The van der Waals surface area contributed by atoms with E-state index in [9.17, 15) is 18.0 Å². The number of esters is 1. The summed E-state index contributed by atoms with van der Waals surface area (Å²) in [6.45, 7) is 3.12. The quantitative estimate of drug-likeness (QED) is 0.518. The van der Waals surface area contributed by atoms with E-state index in [4.69, 9.17) is 0 Å². The van der Waals surface area contributed by atoms with Crippen molar-refractivity contribution in [2.24, 2.45) is 0 Å². The number of carbonyl (C=O) groups excluding carboxylic acids is 1. The molecule has 1 saturated heterocycles. The third kappa shape index (κ3) is 2.37. The van der Waals surface area contributed by atoms with Crippen LogP contribution in [0.5, 0.6) is 0 Å². The van der Waals surface area contributed by atoms with Crippen LogP contribution in [0.4, 0.5) is 13.2 Å². The van der Waals surface area contributed by atoms with Crippen LogP contribution in [0.3, 0.4) is 0 Å². The number of hydrogen-bond acceptors (Lipinski definition) is 3. The molecule has 0 radical (unpaired) electrons. The van der Waals surface area contributed by atoms with E-state index in [1.165, 1.54) is 6.92 Å². The molecule has 82 valence electrons. The van der Waals surface area contributed by atoms with Crippen molar-refractivity contribution in [2.75, 3.05) is 13.2 Å². The topological polar surface area (TPSA) is 29.3 Å². The fourth-order valence-corrected chi connectivity index (χ4v) is 1.27. The number of carbonyl (C=O) groups is 1. The van der Waals surface area contributed by atoms with Gasteiger partial charge in [0, 0.05) is 6.54 Å². The molecule has 1 rings (SSSR count). The summed E-state index contributed by atoms with van der Waals surface area (Å²) >= 11 is 0. The molecule has 1 aliphatic rings. The van der Waals surface area contributed by atoms with Crippen molar-refractivity contribution in [2.45, 2.75) is 32.1 Å². The van der Waals surface area contributed by atoms with Crippen molar-refractivity contribution in [3.63, 3.8) is 0 Å². The lowest BCUT2D eigenvalue weighted by atomic mass is 10.3. The van der Waals surface area contributed by atoms with Crippen LogP contribution in [0, 0.1) is 0 Å². The predicted molar refractivity (Wildman–Crippen MR) is 42.6 cm³/mol. The van der Waals surface area contributed by atoms with Crippen molar-refractivity contribution >= 4 is 5.97 Å². The Morgan fingerprint density at radius 3 is 2.57 bits per heavy atom. The molecule has 1 fully saturated rings. The largest absolute Gasteiger partial charge is 0.465 e. The van der Waals surface area contributed by atoms with Gasteiger partial charge in [-0.15, -0.1) is 0 Å². The van der Waals surface area contributed by atoms with Crippen molar-refractivity contribution in [1.82, 2.24) is 4.90 Å². The predicted octanol–water partition coefficient (Wildman–Crippen LogP) is 1.18. The minimum absolute atomic E-state index is 0.108. The van der Waals surface area contributed by atoms with E-state index in [-0.39, 0.29) is 13.2 Å². The molecule has 0 saturated carbocycles. The Hall–Kier alpha value is -0.780. The number of alkyl halides is 3. The molecule has 6 heteroatoms. The zero-order chi connectivity index (χ0) is 10.9. The molecule has 0 spiro atoms. The highest BCUT2D eigenvalue weighted by molar-refractivity contribution is 5.75. The summed E-state index contributed by atoms with van der Waals surface area (Å²) in [4.78, 5) is 12.1. The Morgan fingerprint density at radius 1 is 1.64 bits per heavy atom. The van der Waals surface area contributed by atoms with Crippen molar-refractivity contribution < 1.29 is 22.7 Å². The number of rotatable bonds is 3. The van der Waals surface area contributed by atoms with E-state index >= 15 is 0 Å². The highest BCUT2D eigenvalue weighted by Gasteiger charge is 2.57. The molecule has 0 aromatic carbocycles. The molecule has 3 nitrogen and oxygen atoms in total. The molecule has 0 amide bonds. The first kappa shape index (κ1) is 11.3. The standard InChI is InChI=1S/C8H12F3NO2/c1-3-14-7(13)5(2)12-4-6(12)8(9,10)11/h5-6H,3-4H2,1-2H3. The molecule has 0 aromatic heterocycles. The van der Waals surface area contributed by atoms with Gasteiger partial charge in [-0.1, -0.05) is 0 Å². The van der Waals surface area contributed by atoms with E-state index in [1.54, 1.807) is 6.92 Å². The molecule has 0 bridgehead atoms.